The molecule has 0 bridgehead atoms. The molecule has 0 saturated carbocycles. The molecule has 10 aromatic rings. The molecule has 0 fully saturated rings. The SMILES string of the molecule is C1=CC(c2cc(-c3ccccc3)c3c4ccc(N(c5ccccn5)c5ccccn5)cc4c4cc(N(c5ccccn5)c5ccccn5)ccc4c3c2-c2ccccc2)=CCC1. The first-order valence-electron chi connectivity index (χ1n) is 21.0. The van der Waals surface area contributed by atoms with E-state index < -0.39 is 0 Å². The minimum Gasteiger partial charge on any atom is -0.279 e. The molecule has 0 unspecified atom stereocenters. The second-order valence-electron chi connectivity index (χ2n) is 15.4. The standard InChI is InChI=1S/C56H40N6/c1-4-18-39(19-5-1)46-38-47(40-20-6-2-7-21-40)55-44-30-28-42(61(50-24-10-14-32-57-50)51-25-11-15-33-58-51)36-48(44)49-37-43(29-31-45(49)56(55)54(46)41-22-8-3-9-23-41)62(52-26-12-16-34-59-52)53-27-13-17-35-60-53/h2-4,6-38H,1,5H2. The summed E-state index contributed by atoms with van der Waals surface area (Å²) in [6, 6.07) is 61.8. The van der Waals surface area contributed by atoms with Gasteiger partial charge in [-0.1, -0.05) is 115 Å². The van der Waals surface area contributed by atoms with Gasteiger partial charge in [-0.15, -0.1) is 0 Å². The molecule has 11 rings (SSSR count). The number of pyridine rings is 4. The van der Waals surface area contributed by atoms with E-state index >= 15 is 0 Å². The monoisotopic (exact) mass is 796 g/mol. The molecule has 0 N–H and O–H groups in total. The third-order valence-electron chi connectivity index (χ3n) is 11.6. The number of hydrogen-bond acceptors (Lipinski definition) is 6. The summed E-state index contributed by atoms with van der Waals surface area (Å²) in [6.45, 7) is 0. The third kappa shape index (κ3) is 6.64. The van der Waals surface area contributed by atoms with E-state index in [9.17, 15) is 0 Å². The molecule has 62 heavy (non-hydrogen) atoms. The first-order chi connectivity index (χ1) is 30.8. The van der Waals surface area contributed by atoms with Crippen molar-refractivity contribution >= 4 is 72.5 Å². The van der Waals surface area contributed by atoms with Crippen LogP contribution in [0.4, 0.5) is 34.6 Å². The van der Waals surface area contributed by atoms with Crippen molar-refractivity contribution in [1.29, 1.82) is 0 Å². The van der Waals surface area contributed by atoms with Gasteiger partial charge < -0.3 is 0 Å². The molecule has 6 nitrogen and oxygen atoms in total. The molecule has 6 aromatic carbocycles. The molecular formula is C56H40N6. The number of allylic oxidation sites excluding steroid dienone is 4. The molecule has 4 heterocycles. The van der Waals surface area contributed by atoms with Crippen LogP contribution in [0.3, 0.4) is 0 Å². The molecule has 0 spiro atoms. The summed E-state index contributed by atoms with van der Waals surface area (Å²) in [5, 5.41) is 6.92. The van der Waals surface area contributed by atoms with E-state index in [2.05, 4.69) is 131 Å². The lowest BCUT2D eigenvalue weighted by molar-refractivity contribution is 1.04. The third-order valence-corrected chi connectivity index (χ3v) is 11.6. The maximum Gasteiger partial charge on any atom is 0.138 e. The molecule has 0 radical (unpaired) electrons. The highest BCUT2D eigenvalue weighted by molar-refractivity contribution is 6.33. The zero-order valence-corrected chi connectivity index (χ0v) is 33.9. The van der Waals surface area contributed by atoms with Gasteiger partial charge in [0.25, 0.3) is 0 Å². The Morgan fingerprint density at radius 1 is 0.371 bits per heavy atom. The second kappa shape index (κ2) is 16.1. The summed E-state index contributed by atoms with van der Waals surface area (Å²) in [4.78, 5) is 23.6. The van der Waals surface area contributed by atoms with Crippen molar-refractivity contribution in [2.45, 2.75) is 12.8 Å². The number of rotatable bonds is 9. The summed E-state index contributed by atoms with van der Waals surface area (Å²) >= 11 is 0. The molecule has 1 aliphatic carbocycles. The first-order valence-corrected chi connectivity index (χ1v) is 21.0. The Morgan fingerprint density at radius 3 is 1.29 bits per heavy atom. The van der Waals surface area contributed by atoms with Gasteiger partial charge in [0, 0.05) is 36.2 Å². The van der Waals surface area contributed by atoms with Gasteiger partial charge in [-0.05, 0) is 157 Å². The molecule has 1 aliphatic rings. The molecule has 0 aliphatic heterocycles. The van der Waals surface area contributed by atoms with Crippen molar-refractivity contribution in [2.24, 2.45) is 0 Å². The molecule has 294 valence electrons. The van der Waals surface area contributed by atoms with Gasteiger partial charge in [0.1, 0.15) is 23.3 Å². The van der Waals surface area contributed by atoms with Crippen LogP contribution in [-0.4, -0.2) is 19.9 Å². The topological polar surface area (TPSA) is 58.0 Å². The van der Waals surface area contributed by atoms with Crippen molar-refractivity contribution in [3.05, 3.63) is 225 Å². The Hall–Kier alpha value is -8.22. The van der Waals surface area contributed by atoms with Crippen LogP contribution in [0.1, 0.15) is 18.4 Å². The number of nitrogens with zero attached hydrogens (tertiary/aromatic N) is 6. The number of fused-ring (bicyclic) bond motifs is 6. The average Bonchev–Trinajstić information content (AvgIpc) is 3.36. The fourth-order valence-corrected chi connectivity index (χ4v) is 8.96. The second-order valence-corrected chi connectivity index (χ2v) is 15.4. The van der Waals surface area contributed by atoms with Gasteiger partial charge in [-0.25, -0.2) is 19.9 Å². The Bertz CT molecular complexity index is 3190. The quantitative estimate of drug-likeness (QED) is 0.136. The van der Waals surface area contributed by atoms with Gasteiger partial charge in [0.2, 0.25) is 0 Å². The molecule has 0 atom stereocenters. The zero-order chi connectivity index (χ0) is 41.2. The predicted molar refractivity (Wildman–Crippen MR) is 257 cm³/mol. The molecule has 4 aromatic heterocycles. The van der Waals surface area contributed by atoms with Gasteiger partial charge in [0.15, 0.2) is 0 Å². The number of hydrogen-bond donors (Lipinski definition) is 0. The van der Waals surface area contributed by atoms with Crippen LogP contribution < -0.4 is 9.80 Å². The Balaban J connectivity index is 1.32. The summed E-state index contributed by atoms with van der Waals surface area (Å²) < 4.78 is 0. The average molecular weight is 797 g/mol. The lowest BCUT2D eigenvalue weighted by atomic mass is 9.80. The lowest BCUT2D eigenvalue weighted by Gasteiger charge is -2.26. The first kappa shape index (κ1) is 36.8. The van der Waals surface area contributed by atoms with Crippen LogP contribution in [0.25, 0.3) is 60.1 Å². The van der Waals surface area contributed by atoms with Gasteiger partial charge in [-0.3, -0.25) is 9.80 Å². The van der Waals surface area contributed by atoms with E-state index in [0.29, 0.717) is 0 Å². The zero-order valence-electron chi connectivity index (χ0n) is 33.9. The predicted octanol–water partition coefficient (Wildman–Crippen LogP) is 14.7. The molecule has 0 saturated heterocycles. The number of anilines is 6. The Labute approximate surface area is 360 Å². The van der Waals surface area contributed by atoms with Gasteiger partial charge in [-0.2, -0.15) is 0 Å². The van der Waals surface area contributed by atoms with E-state index in [1.165, 1.54) is 44.2 Å². The van der Waals surface area contributed by atoms with Crippen molar-refractivity contribution in [1.82, 2.24) is 19.9 Å². The Morgan fingerprint density at radius 2 is 0.839 bits per heavy atom. The van der Waals surface area contributed by atoms with E-state index in [0.717, 1.165) is 69.0 Å². The van der Waals surface area contributed by atoms with Crippen LogP contribution >= 0.6 is 0 Å². The van der Waals surface area contributed by atoms with Gasteiger partial charge in [0.05, 0.1) is 0 Å². The summed E-state index contributed by atoms with van der Waals surface area (Å²) in [5.41, 5.74) is 9.11. The van der Waals surface area contributed by atoms with Crippen LogP contribution in [0.5, 0.6) is 0 Å². The minimum absolute atomic E-state index is 0.780. The molecule has 6 heteroatoms. The number of benzene rings is 6. The minimum atomic E-state index is 0.780. The summed E-state index contributed by atoms with van der Waals surface area (Å²) in [7, 11) is 0. The van der Waals surface area contributed by atoms with Crippen LogP contribution in [0, 0.1) is 0 Å². The maximum atomic E-state index is 4.84. The van der Waals surface area contributed by atoms with Crippen LogP contribution in [0.15, 0.2) is 219 Å². The molecular weight excluding hydrogens is 757 g/mol. The van der Waals surface area contributed by atoms with E-state index in [-0.39, 0.29) is 0 Å². The fraction of sp³-hybridized carbons (Fsp3) is 0.0357. The smallest absolute Gasteiger partial charge is 0.138 e. The number of aromatic nitrogens is 4. The van der Waals surface area contributed by atoms with E-state index in [1.807, 2.05) is 97.6 Å². The lowest BCUT2D eigenvalue weighted by Crippen LogP contribution is -2.13. The highest BCUT2D eigenvalue weighted by Crippen LogP contribution is 2.50. The summed E-state index contributed by atoms with van der Waals surface area (Å²) in [5.74, 6) is 3.12. The fourth-order valence-electron chi connectivity index (χ4n) is 8.96. The van der Waals surface area contributed by atoms with Crippen LogP contribution in [0.2, 0.25) is 0 Å². The van der Waals surface area contributed by atoms with Crippen molar-refractivity contribution in [3.63, 3.8) is 0 Å². The maximum absolute atomic E-state index is 4.84. The Kier molecular flexibility index (Phi) is 9.56. The largest absolute Gasteiger partial charge is 0.279 e. The van der Waals surface area contributed by atoms with E-state index in [4.69, 9.17) is 19.9 Å². The summed E-state index contributed by atoms with van der Waals surface area (Å²) in [6.07, 6.45) is 16.4. The van der Waals surface area contributed by atoms with Gasteiger partial charge >= 0.3 is 0 Å². The van der Waals surface area contributed by atoms with Crippen LogP contribution in [-0.2, 0) is 0 Å². The highest BCUT2D eigenvalue weighted by atomic mass is 15.2. The highest BCUT2D eigenvalue weighted by Gasteiger charge is 2.25. The van der Waals surface area contributed by atoms with Crippen molar-refractivity contribution in [3.8, 4) is 22.3 Å². The van der Waals surface area contributed by atoms with Crippen molar-refractivity contribution < 1.29 is 0 Å². The molecule has 0 amide bonds. The van der Waals surface area contributed by atoms with Crippen molar-refractivity contribution in [2.75, 3.05) is 9.80 Å². The van der Waals surface area contributed by atoms with E-state index in [1.54, 1.807) is 0 Å². The normalized spacial score (nSPS) is 12.4.